The summed E-state index contributed by atoms with van der Waals surface area (Å²) in [5, 5.41) is 8.01. The average Bonchev–Trinajstić information content (AvgIpc) is 1.66. The Morgan fingerprint density at radius 1 is 0.366 bits per heavy atom. The fourth-order valence-corrected chi connectivity index (χ4v) is 15.8. The number of benzene rings is 4. The highest BCUT2D eigenvalue weighted by Gasteiger charge is 2.35. The summed E-state index contributed by atoms with van der Waals surface area (Å²) in [4.78, 5) is 18.8. The van der Waals surface area contributed by atoms with Gasteiger partial charge in [0.1, 0.15) is 14.1 Å². The van der Waals surface area contributed by atoms with Gasteiger partial charge in [0.15, 0.2) is 60.2 Å². The molecule has 0 saturated carbocycles. The van der Waals surface area contributed by atoms with Crippen LogP contribution in [0.4, 0.5) is 0 Å². The average molecular weight is 1510 g/mol. The van der Waals surface area contributed by atoms with Crippen LogP contribution < -0.4 is 18.3 Å². The van der Waals surface area contributed by atoms with Crippen LogP contribution in [0.5, 0.6) is 0 Å². The van der Waals surface area contributed by atoms with E-state index in [-0.39, 0.29) is 28.9 Å². The van der Waals surface area contributed by atoms with E-state index in [1.165, 1.54) is 0 Å². The highest BCUT2D eigenvalue weighted by atomic mass is 16.4. The van der Waals surface area contributed by atoms with Crippen LogP contribution in [0.15, 0.2) is 164 Å². The summed E-state index contributed by atoms with van der Waals surface area (Å²) in [5.41, 5.74) is 26.7. The Balaban J connectivity index is 0.000000131. The summed E-state index contributed by atoms with van der Waals surface area (Å²) in [7, 11) is 3.95. The number of hydrogen-bond donors (Lipinski definition) is 0. The molecule has 12 nitrogen and oxygen atoms in total. The summed E-state index contributed by atoms with van der Waals surface area (Å²) in [6, 6.07) is 41.0. The summed E-state index contributed by atoms with van der Waals surface area (Å²) in [6.07, 6.45) is 1.32. The molecular weight excluding hydrogens is 1380 g/mol. The lowest BCUT2D eigenvalue weighted by atomic mass is 9.96. The zero-order valence-electron chi connectivity index (χ0n) is 84.2. The minimum absolute atomic E-state index is 0.110. The number of fused-ring (bicyclic) bond motifs is 20. The molecule has 0 fully saturated rings. The molecule has 2 unspecified atom stereocenters. The molecular formula is C100H112N8O4+4. The summed E-state index contributed by atoms with van der Waals surface area (Å²) in [6.45, 7) is 29.7. The van der Waals surface area contributed by atoms with Crippen molar-refractivity contribution in [3.63, 3.8) is 0 Å². The van der Waals surface area contributed by atoms with Crippen LogP contribution in [-0.4, -0.2) is 19.9 Å². The van der Waals surface area contributed by atoms with Crippen molar-refractivity contribution in [1.82, 2.24) is 19.9 Å². The molecule has 2 aliphatic rings. The van der Waals surface area contributed by atoms with Gasteiger partial charge in [-0.3, -0.25) is 0 Å². The highest BCUT2D eigenvalue weighted by Crippen LogP contribution is 2.44. The molecule has 0 N–H and O–H groups in total. The number of aromatic nitrogens is 8. The van der Waals surface area contributed by atoms with E-state index in [1.807, 2.05) is 141 Å². The molecule has 112 heavy (non-hydrogen) atoms. The fourth-order valence-electron chi connectivity index (χ4n) is 15.8. The molecule has 0 bridgehead atoms. The van der Waals surface area contributed by atoms with Gasteiger partial charge >= 0.3 is 0 Å². The van der Waals surface area contributed by atoms with Gasteiger partial charge in [0.05, 0.1) is 22.3 Å². The van der Waals surface area contributed by atoms with Crippen LogP contribution >= 0.6 is 0 Å². The summed E-state index contributed by atoms with van der Waals surface area (Å²) < 4.78 is 165. The minimum atomic E-state index is -2.78. The summed E-state index contributed by atoms with van der Waals surface area (Å²) >= 11 is 0. The van der Waals surface area contributed by atoms with E-state index in [9.17, 15) is 0 Å². The van der Waals surface area contributed by atoms with Crippen molar-refractivity contribution in [2.45, 2.75) is 202 Å². The van der Waals surface area contributed by atoms with Crippen LogP contribution in [0.2, 0.25) is 0 Å². The Kier molecular flexibility index (Phi) is 16.2. The van der Waals surface area contributed by atoms with Gasteiger partial charge in [0.25, 0.3) is 0 Å². The van der Waals surface area contributed by atoms with Crippen molar-refractivity contribution < 1.29 is 57.9 Å². The van der Waals surface area contributed by atoms with Gasteiger partial charge in [0, 0.05) is 145 Å². The third-order valence-corrected chi connectivity index (χ3v) is 21.6. The molecule has 12 aromatic heterocycles. The topological polar surface area (TPSA) is 120 Å². The van der Waals surface area contributed by atoms with Crippen LogP contribution in [0, 0.1) is 65.2 Å². The van der Waals surface area contributed by atoms with Gasteiger partial charge in [-0.15, -0.1) is 0 Å². The zero-order valence-corrected chi connectivity index (χ0v) is 68.2. The molecule has 572 valence electrons. The van der Waals surface area contributed by atoms with E-state index < -0.39 is 51.0 Å². The van der Waals surface area contributed by atoms with E-state index in [0.717, 1.165) is 204 Å². The molecule has 0 aliphatic carbocycles. The number of furan rings is 4. The molecule has 0 saturated heterocycles. The van der Waals surface area contributed by atoms with Gasteiger partial charge in [-0.2, -0.15) is 9.13 Å². The van der Waals surface area contributed by atoms with Gasteiger partial charge in [-0.05, 0) is 209 Å². The van der Waals surface area contributed by atoms with Gasteiger partial charge in [0.2, 0.25) is 45.6 Å². The Hall–Kier alpha value is -10.7. The summed E-state index contributed by atoms with van der Waals surface area (Å²) in [5.74, 6) is -4.22. The van der Waals surface area contributed by atoms with E-state index in [4.69, 9.17) is 49.6 Å². The van der Waals surface area contributed by atoms with Crippen molar-refractivity contribution in [1.29, 1.82) is 0 Å². The SMILES string of the molecule is [2H]C([2H])([2H])C([2H])(C)C([2H])([2H])c1c[n+]2c(cc1C)-c1c(ccc3c1oc1nc(C(C)C)ccc13)C2.[2H]C([2H])([2H])C([2H])(C)C([2H])([2H])c1c[n+]2c(cc1C)-c1c(ccc3c1oc1nc(CC)ccc13)C2.[2H]C([2H])(c1c[n+](C)c(-c2c(C)ccc3c2oc2nc(C(C)C)ccc23)cc1C)C(C)C.[2H]C([2H])(c1c[n+](C)c(-c2c(C)ccc3c2oc2nc(CC)ccc23)cc1C)C(C)C. The van der Waals surface area contributed by atoms with Gasteiger partial charge in [-0.25, -0.2) is 29.1 Å². The molecule has 2 atom stereocenters. The first kappa shape index (κ1) is 59.1. The first-order valence-corrected chi connectivity index (χ1v) is 39.2. The molecule has 0 radical (unpaired) electrons. The maximum atomic E-state index is 8.63. The fraction of sp³-hybridized carbons (Fsp3) is 0.360. The second-order valence-electron chi connectivity index (χ2n) is 31.7. The standard InChI is InChI=1S/C26H31N2O.C25H27N2O.C25H29N2O.C24H25N2O/c1-15(2)12-19-14-28(7)23(13-18(19)6)24-17(5)8-9-20-21-10-11-22(16(3)4)27-26(21)29-25(20)24;1-14(2)10-18-13-27-12-17-6-7-19-20-8-9-21(15(3)4)26-25(20)28-24(19)23(17)22(27)11-16(18)5;1-7-19-9-11-21-20-10-8-16(4)23(24(20)28-25(21)26-19)22-13-17(5)18(12-15(2)3)14-27(22)6;1-5-18-7-9-20-19-8-6-16-12-26-13-17(10-14(2)3)15(4)11-21(26)22(16)23(19)27-24(20)25-18/h8-11,13-16H,12H2,1-7H3;6-9,11,13-15H,10,12H2,1-5H3;8-11,13-15H,7,12H2,1-6H3;6-9,11,13-14H,5,10,12H2,1-4H3/q4*+1/i12D2;1D3,10D2,14D;12D2;2D3,10D2,14D. The molecule has 14 heterocycles. The Labute approximate surface area is 683 Å². The van der Waals surface area contributed by atoms with Crippen LogP contribution in [-0.2, 0) is 65.5 Å². The monoisotopic (exact) mass is 1500 g/mol. The minimum Gasteiger partial charge on any atom is -0.437 e. The molecule has 0 amide bonds. The number of nitrogens with zero attached hydrogens (tertiary/aromatic N) is 8. The van der Waals surface area contributed by atoms with Gasteiger partial charge < -0.3 is 17.7 Å². The van der Waals surface area contributed by atoms with Crippen LogP contribution in [0.1, 0.15) is 220 Å². The van der Waals surface area contributed by atoms with Crippen LogP contribution in [0.3, 0.4) is 0 Å². The highest BCUT2D eigenvalue weighted by molar-refractivity contribution is 6.12. The molecule has 0 spiro atoms. The smallest absolute Gasteiger partial charge is 0.227 e. The van der Waals surface area contributed by atoms with Crippen molar-refractivity contribution in [3.8, 4) is 45.0 Å². The third kappa shape index (κ3) is 14.5. The Morgan fingerprint density at radius 2 is 0.679 bits per heavy atom. The Bertz CT molecular complexity index is 7170. The van der Waals surface area contributed by atoms with Crippen molar-refractivity contribution in [3.05, 3.63) is 236 Å². The first-order valence-electron chi connectivity index (χ1n) is 47.2. The lowest BCUT2D eigenvalue weighted by Gasteiger charge is -2.11. The number of rotatable bonds is 14. The second kappa shape index (κ2) is 30.8. The lowest BCUT2D eigenvalue weighted by Crippen LogP contribution is -2.33. The molecule has 12 heteroatoms. The van der Waals surface area contributed by atoms with E-state index in [0.29, 0.717) is 53.0 Å². The van der Waals surface area contributed by atoms with E-state index in [1.54, 1.807) is 26.2 Å². The number of hydrogen-bond acceptors (Lipinski definition) is 8. The molecule has 16 aromatic rings. The second-order valence-corrected chi connectivity index (χ2v) is 31.7. The van der Waals surface area contributed by atoms with Crippen LogP contribution in [0.25, 0.3) is 133 Å². The quantitative estimate of drug-likeness (QED) is 0.0988. The van der Waals surface area contributed by atoms with E-state index in [2.05, 4.69) is 132 Å². The maximum absolute atomic E-state index is 8.63. The zero-order chi connectivity index (χ0) is 93.2. The van der Waals surface area contributed by atoms with Gasteiger partial charge in [-0.1, -0.05) is 133 Å². The van der Waals surface area contributed by atoms with Crippen molar-refractivity contribution >= 4 is 88.3 Å². The molecule has 2 aliphatic heterocycles. The first-order chi connectivity index (χ1) is 59.8. The number of aryl methyl sites for hydroxylation is 10. The maximum Gasteiger partial charge on any atom is 0.227 e. The molecule has 18 rings (SSSR count). The number of pyridine rings is 8. The predicted octanol–water partition coefficient (Wildman–Crippen LogP) is 23.6. The molecule has 4 aromatic carbocycles. The largest absolute Gasteiger partial charge is 0.437 e. The normalized spacial score (nSPS) is 16.4. The predicted molar refractivity (Wildman–Crippen MR) is 458 cm³/mol. The lowest BCUT2D eigenvalue weighted by molar-refractivity contribution is -0.672. The van der Waals surface area contributed by atoms with Crippen molar-refractivity contribution in [2.75, 3.05) is 0 Å². The third-order valence-electron chi connectivity index (χ3n) is 21.6. The Morgan fingerprint density at radius 3 is 1.02 bits per heavy atom. The van der Waals surface area contributed by atoms with Crippen molar-refractivity contribution in [2.24, 2.45) is 37.7 Å². The van der Waals surface area contributed by atoms with E-state index >= 15 is 0 Å².